The zero-order chi connectivity index (χ0) is 19.2. The van der Waals surface area contributed by atoms with Gasteiger partial charge in [0, 0.05) is 36.1 Å². The van der Waals surface area contributed by atoms with Crippen LogP contribution in [-0.2, 0) is 19.0 Å². The van der Waals surface area contributed by atoms with Gasteiger partial charge in [0.15, 0.2) is 0 Å². The molecule has 3 nitrogen and oxygen atoms in total. The van der Waals surface area contributed by atoms with Crippen LogP contribution in [0.5, 0.6) is 0 Å². The zero-order valence-corrected chi connectivity index (χ0v) is 14.9. The summed E-state index contributed by atoms with van der Waals surface area (Å²) in [6, 6.07) is 11.2. The predicted molar refractivity (Wildman–Crippen MR) is 97.8 cm³/mol. The van der Waals surface area contributed by atoms with Crippen molar-refractivity contribution < 1.29 is 18.0 Å². The number of aromatic amines is 1. The summed E-state index contributed by atoms with van der Waals surface area (Å²) in [7, 11) is 0. The minimum atomic E-state index is -4.55. The lowest BCUT2D eigenvalue weighted by Crippen LogP contribution is -2.34. The Balaban J connectivity index is 1.63. The Bertz CT molecular complexity index is 1020. The third-order valence-electron chi connectivity index (χ3n) is 5.16. The number of aromatic nitrogens is 1. The Labute approximate surface area is 154 Å². The number of alkyl halides is 3. The number of nitrogens with zero attached hydrogens (tertiary/aromatic N) is 1. The highest BCUT2D eigenvalue weighted by Crippen LogP contribution is 2.33. The van der Waals surface area contributed by atoms with Gasteiger partial charge in [-0.3, -0.25) is 4.79 Å². The van der Waals surface area contributed by atoms with Crippen molar-refractivity contribution in [3.8, 4) is 0 Å². The molecule has 0 spiro atoms. The molecule has 2 heterocycles. The van der Waals surface area contributed by atoms with Crippen molar-refractivity contribution in [1.82, 2.24) is 9.88 Å². The van der Waals surface area contributed by atoms with Crippen molar-refractivity contribution in [2.75, 3.05) is 13.1 Å². The normalized spacial score (nSPS) is 14.9. The average Bonchev–Trinajstić information content (AvgIpc) is 2.83. The first-order valence-corrected chi connectivity index (χ1v) is 8.90. The molecule has 1 aromatic heterocycles. The quantitative estimate of drug-likeness (QED) is 0.658. The topological polar surface area (TPSA) is 36.1 Å². The van der Waals surface area contributed by atoms with Gasteiger partial charge in [-0.25, -0.2) is 0 Å². The van der Waals surface area contributed by atoms with Crippen LogP contribution in [0.15, 0.2) is 42.5 Å². The lowest BCUT2D eigenvalue weighted by Gasteiger charge is -2.22. The van der Waals surface area contributed by atoms with Gasteiger partial charge in [-0.2, -0.15) is 13.2 Å². The molecule has 0 atom stereocenters. The molecule has 0 bridgehead atoms. The van der Waals surface area contributed by atoms with Gasteiger partial charge >= 0.3 is 6.18 Å². The van der Waals surface area contributed by atoms with E-state index in [2.05, 4.69) is 11.1 Å². The van der Waals surface area contributed by atoms with E-state index in [0.717, 1.165) is 33.8 Å². The van der Waals surface area contributed by atoms with Gasteiger partial charge in [0.1, 0.15) is 0 Å². The minimum absolute atomic E-state index is 0.281. The molecule has 0 saturated carbocycles. The summed E-state index contributed by atoms with van der Waals surface area (Å²) in [5, 5.41) is 1.13. The molecular formula is C21H19F3N2O. The van der Waals surface area contributed by atoms with Crippen molar-refractivity contribution in [3.05, 3.63) is 70.4 Å². The van der Waals surface area contributed by atoms with E-state index in [1.807, 2.05) is 19.1 Å². The predicted octanol–water partition coefficient (Wildman–Crippen LogP) is 4.74. The van der Waals surface area contributed by atoms with Crippen LogP contribution in [0.1, 0.15) is 32.7 Å². The number of rotatable bonds is 1. The molecule has 0 fully saturated rings. The van der Waals surface area contributed by atoms with Crippen molar-refractivity contribution >= 4 is 16.8 Å². The van der Waals surface area contributed by atoms with Gasteiger partial charge in [-0.1, -0.05) is 23.8 Å². The second-order valence-corrected chi connectivity index (χ2v) is 6.97. The SMILES string of the molecule is Cc1ccc2[nH]c3c(c2c1)CCN(C(=O)c1ccccc1C(F)(F)F)CC3. The van der Waals surface area contributed by atoms with Gasteiger partial charge in [-0.05, 0) is 43.2 Å². The summed E-state index contributed by atoms with van der Waals surface area (Å²) < 4.78 is 39.8. The third-order valence-corrected chi connectivity index (χ3v) is 5.16. The first-order chi connectivity index (χ1) is 12.8. The molecule has 6 heteroatoms. The van der Waals surface area contributed by atoms with E-state index < -0.39 is 17.6 Å². The lowest BCUT2D eigenvalue weighted by atomic mass is 10.0. The number of halogens is 3. The number of fused-ring (bicyclic) bond motifs is 3. The number of amides is 1. The number of hydrogen-bond acceptors (Lipinski definition) is 1. The summed E-state index contributed by atoms with van der Waals surface area (Å²) in [4.78, 5) is 17.8. The molecule has 1 aliphatic heterocycles. The van der Waals surface area contributed by atoms with Crippen molar-refractivity contribution in [1.29, 1.82) is 0 Å². The maximum Gasteiger partial charge on any atom is 0.417 e. The zero-order valence-electron chi connectivity index (χ0n) is 14.9. The Hall–Kier alpha value is -2.76. The summed E-state index contributed by atoms with van der Waals surface area (Å²) in [6.45, 7) is 2.82. The molecule has 140 valence electrons. The highest BCUT2D eigenvalue weighted by Gasteiger charge is 2.36. The smallest absolute Gasteiger partial charge is 0.358 e. The molecule has 27 heavy (non-hydrogen) atoms. The number of H-pyrrole nitrogens is 1. The number of benzene rings is 2. The molecule has 2 aromatic carbocycles. The summed E-state index contributed by atoms with van der Waals surface area (Å²) in [5.74, 6) is -0.562. The monoisotopic (exact) mass is 372 g/mol. The highest BCUT2D eigenvalue weighted by atomic mass is 19.4. The maximum absolute atomic E-state index is 13.3. The van der Waals surface area contributed by atoms with Gasteiger partial charge in [0.25, 0.3) is 5.91 Å². The maximum atomic E-state index is 13.3. The van der Waals surface area contributed by atoms with Crippen LogP contribution in [0.4, 0.5) is 13.2 Å². The Morgan fingerprint density at radius 3 is 2.59 bits per heavy atom. The molecule has 0 saturated heterocycles. The van der Waals surface area contributed by atoms with E-state index in [4.69, 9.17) is 0 Å². The number of hydrogen-bond donors (Lipinski definition) is 1. The van der Waals surface area contributed by atoms with Crippen molar-refractivity contribution in [2.24, 2.45) is 0 Å². The van der Waals surface area contributed by atoms with Crippen molar-refractivity contribution in [2.45, 2.75) is 25.9 Å². The first kappa shape index (κ1) is 17.6. The van der Waals surface area contributed by atoms with E-state index >= 15 is 0 Å². The number of carbonyl (C=O) groups excluding carboxylic acids is 1. The van der Waals surface area contributed by atoms with Gasteiger partial charge in [0.2, 0.25) is 0 Å². The third kappa shape index (κ3) is 3.20. The second-order valence-electron chi connectivity index (χ2n) is 6.97. The number of nitrogens with one attached hydrogen (secondary N) is 1. The van der Waals surface area contributed by atoms with E-state index in [9.17, 15) is 18.0 Å². The number of carbonyl (C=O) groups is 1. The van der Waals surface area contributed by atoms with E-state index in [0.29, 0.717) is 25.9 Å². The molecule has 1 amide bonds. The van der Waals surface area contributed by atoms with Crippen LogP contribution in [-0.4, -0.2) is 28.9 Å². The second kappa shape index (κ2) is 6.44. The van der Waals surface area contributed by atoms with Crippen LogP contribution in [0, 0.1) is 6.92 Å². The first-order valence-electron chi connectivity index (χ1n) is 8.90. The van der Waals surface area contributed by atoms with Crippen LogP contribution in [0.2, 0.25) is 0 Å². The van der Waals surface area contributed by atoms with Crippen LogP contribution < -0.4 is 0 Å². The Morgan fingerprint density at radius 1 is 1.07 bits per heavy atom. The highest BCUT2D eigenvalue weighted by molar-refractivity contribution is 5.96. The lowest BCUT2D eigenvalue weighted by molar-refractivity contribution is -0.138. The van der Waals surface area contributed by atoms with E-state index in [1.165, 1.54) is 23.1 Å². The van der Waals surface area contributed by atoms with Gasteiger partial charge in [0.05, 0.1) is 11.1 Å². The van der Waals surface area contributed by atoms with Crippen LogP contribution in [0.3, 0.4) is 0 Å². The van der Waals surface area contributed by atoms with Gasteiger partial charge < -0.3 is 9.88 Å². The molecule has 0 radical (unpaired) electrons. The standard InChI is InChI=1S/C21H19F3N2O/c1-13-6-7-18-16(12-13)14-8-10-26(11-9-19(14)25-18)20(27)15-4-2-3-5-17(15)21(22,23)24/h2-7,12,25H,8-11H2,1H3. The Morgan fingerprint density at radius 2 is 1.81 bits per heavy atom. The summed E-state index contributed by atoms with van der Waals surface area (Å²) in [6.07, 6.45) is -3.32. The molecular weight excluding hydrogens is 353 g/mol. The van der Waals surface area contributed by atoms with Crippen LogP contribution >= 0.6 is 0 Å². The average molecular weight is 372 g/mol. The molecule has 0 unspecified atom stereocenters. The molecule has 1 N–H and O–H groups in total. The van der Waals surface area contributed by atoms with Crippen LogP contribution in [0.25, 0.3) is 10.9 Å². The fraction of sp³-hybridized carbons (Fsp3) is 0.286. The largest absolute Gasteiger partial charge is 0.417 e. The fourth-order valence-corrected chi connectivity index (χ4v) is 3.81. The minimum Gasteiger partial charge on any atom is -0.358 e. The molecule has 0 aliphatic carbocycles. The molecule has 4 rings (SSSR count). The fourth-order valence-electron chi connectivity index (χ4n) is 3.81. The molecule has 3 aromatic rings. The summed E-state index contributed by atoms with van der Waals surface area (Å²) in [5.41, 5.74) is 3.28. The summed E-state index contributed by atoms with van der Waals surface area (Å²) >= 11 is 0. The Kier molecular flexibility index (Phi) is 4.21. The number of aryl methyl sites for hydroxylation is 1. The van der Waals surface area contributed by atoms with E-state index in [1.54, 1.807) is 0 Å². The van der Waals surface area contributed by atoms with E-state index in [-0.39, 0.29) is 5.56 Å². The van der Waals surface area contributed by atoms with Gasteiger partial charge in [-0.15, -0.1) is 0 Å². The molecule has 1 aliphatic rings. The van der Waals surface area contributed by atoms with Crippen molar-refractivity contribution in [3.63, 3.8) is 0 Å².